The van der Waals surface area contributed by atoms with Gasteiger partial charge < -0.3 is 5.73 Å². The fourth-order valence-electron chi connectivity index (χ4n) is 1.52. The van der Waals surface area contributed by atoms with E-state index in [1.165, 1.54) is 0 Å². The summed E-state index contributed by atoms with van der Waals surface area (Å²) in [5, 5.41) is 0. The van der Waals surface area contributed by atoms with Crippen molar-refractivity contribution in [2.24, 2.45) is 0 Å². The first kappa shape index (κ1) is 14.9. The minimum Gasteiger partial charge on any atom is -0.399 e. The quantitative estimate of drug-likeness (QED) is 0.726. The van der Waals surface area contributed by atoms with E-state index in [1.807, 2.05) is 0 Å². The van der Waals surface area contributed by atoms with Crippen LogP contribution in [0.25, 0.3) is 0 Å². The lowest BCUT2D eigenvalue weighted by atomic mass is 10.1. The van der Waals surface area contributed by atoms with Crippen molar-refractivity contribution in [1.29, 1.82) is 0 Å². The molecule has 1 aromatic carbocycles. The number of nitrogen functional groups attached to an aromatic ring is 1. The fraction of sp³-hybridized carbons (Fsp3) is 0.500. The summed E-state index contributed by atoms with van der Waals surface area (Å²) in [5.41, 5.74) is 6.60. The summed E-state index contributed by atoms with van der Waals surface area (Å²) in [6, 6.07) is 6.79. The molecule has 0 aliphatic heterocycles. The Balaban J connectivity index is 2.76. The zero-order chi connectivity index (χ0) is 14.0. The molecule has 0 fully saturated rings. The summed E-state index contributed by atoms with van der Waals surface area (Å²) in [4.78, 5) is 0. The van der Waals surface area contributed by atoms with Crippen LogP contribution in [0.4, 0.5) is 5.69 Å². The van der Waals surface area contributed by atoms with Gasteiger partial charge >= 0.3 is 0 Å². The van der Waals surface area contributed by atoms with Gasteiger partial charge in [0.1, 0.15) is 0 Å². The Kier molecular flexibility index (Phi) is 4.37. The van der Waals surface area contributed by atoms with E-state index in [9.17, 15) is 8.42 Å². The Morgan fingerprint density at radius 1 is 1.17 bits per heavy atom. The molecule has 0 bridgehead atoms. The average molecular weight is 271 g/mol. The van der Waals surface area contributed by atoms with Gasteiger partial charge in [0.2, 0.25) is 0 Å². The first-order valence-corrected chi connectivity index (χ1v) is 7.24. The van der Waals surface area contributed by atoms with E-state index in [0.717, 1.165) is 5.56 Å². The predicted molar refractivity (Wildman–Crippen MR) is 74.2 cm³/mol. The van der Waals surface area contributed by atoms with E-state index in [4.69, 9.17) is 5.73 Å². The number of rotatable bonds is 4. The third-order valence-electron chi connectivity index (χ3n) is 2.21. The molecule has 1 atom stereocenters. The lowest BCUT2D eigenvalue weighted by Crippen LogP contribution is -2.47. The van der Waals surface area contributed by atoms with Crippen molar-refractivity contribution in [1.82, 2.24) is 9.44 Å². The summed E-state index contributed by atoms with van der Waals surface area (Å²) in [7, 11) is -3.53. The van der Waals surface area contributed by atoms with Gasteiger partial charge in [-0.25, -0.2) is 0 Å². The molecule has 0 saturated heterocycles. The zero-order valence-corrected chi connectivity index (χ0v) is 12.0. The van der Waals surface area contributed by atoms with Gasteiger partial charge in [0.15, 0.2) is 0 Å². The van der Waals surface area contributed by atoms with E-state index in [1.54, 1.807) is 52.0 Å². The van der Waals surface area contributed by atoms with Crippen molar-refractivity contribution in [3.8, 4) is 0 Å². The van der Waals surface area contributed by atoms with Crippen LogP contribution >= 0.6 is 0 Å². The molecule has 0 aromatic heterocycles. The Labute approximate surface area is 109 Å². The zero-order valence-electron chi connectivity index (χ0n) is 11.2. The summed E-state index contributed by atoms with van der Waals surface area (Å²) in [5.74, 6) is 0. The topological polar surface area (TPSA) is 84.2 Å². The van der Waals surface area contributed by atoms with E-state index in [2.05, 4.69) is 9.44 Å². The third kappa shape index (κ3) is 5.03. The Hall–Kier alpha value is -1.11. The second kappa shape index (κ2) is 5.26. The highest BCUT2D eigenvalue weighted by atomic mass is 32.2. The summed E-state index contributed by atoms with van der Waals surface area (Å²) < 4.78 is 28.8. The largest absolute Gasteiger partial charge is 0.399 e. The number of hydrogen-bond donors (Lipinski definition) is 3. The van der Waals surface area contributed by atoms with Crippen molar-refractivity contribution in [3.63, 3.8) is 0 Å². The van der Waals surface area contributed by atoms with Gasteiger partial charge in [0, 0.05) is 17.3 Å². The maximum Gasteiger partial charge on any atom is 0.277 e. The SMILES string of the molecule is CC(NS(=O)(=O)NC(C)(C)C)c1ccc(N)cc1. The minimum atomic E-state index is -3.53. The van der Waals surface area contributed by atoms with Gasteiger partial charge in [0.25, 0.3) is 10.2 Å². The monoisotopic (exact) mass is 271 g/mol. The van der Waals surface area contributed by atoms with Crippen molar-refractivity contribution in [2.75, 3.05) is 5.73 Å². The first-order chi connectivity index (χ1) is 8.09. The molecule has 4 N–H and O–H groups in total. The van der Waals surface area contributed by atoms with Gasteiger partial charge in [-0.3, -0.25) is 0 Å². The Morgan fingerprint density at radius 3 is 2.11 bits per heavy atom. The number of hydrogen-bond acceptors (Lipinski definition) is 3. The number of nitrogens with two attached hydrogens (primary N) is 1. The van der Waals surface area contributed by atoms with Crippen molar-refractivity contribution < 1.29 is 8.42 Å². The molecule has 0 spiro atoms. The smallest absolute Gasteiger partial charge is 0.277 e. The van der Waals surface area contributed by atoms with Gasteiger partial charge in [-0.2, -0.15) is 17.9 Å². The van der Waals surface area contributed by atoms with Gasteiger partial charge in [-0.15, -0.1) is 0 Å². The summed E-state index contributed by atoms with van der Waals surface area (Å²) in [6.45, 7) is 7.16. The highest BCUT2D eigenvalue weighted by molar-refractivity contribution is 7.87. The van der Waals surface area contributed by atoms with Crippen LogP contribution in [0.15, 0.2) is 24.3 Å². The van der Waals surface area contributed by atoms with E-state index in [0.29, 0.717) is 5.69 Å². The lowest BCUT2D eigenvalue weighted by Gasteiger charge is -2.22. The highest BCUT2D eigenvalue weighted by Crippen LogP contribution is 2.15. The molecule has 5 nitrogen and oxygen atoms in total. The van der Waals surface area contributed by atoms with Gasteiger partial charge in [-0.05, 0) is 45.4 Å². The second-order valence-electron chi connectivity index (χ2n) is 5.36. The van der Waals surface area contributed by atoms with Gasteiger partial charge in [0.05, 0.1) is 0 Å². The summed E-state index contributed by atoms with van der Waals surface area (Å²) >= 11 is 0. The minimum absolute atomic E-state index is 0.314. The predicted octanol–water partition coefficient (Wildman–Crippen LogP) is 1.55. The molecule has 0 radical (unpaired) electrons. The standard InChI is InChI=1S/C12H21N3O2S/c1-9(10-5-7-11(13)8-6-10)14-18(16,17)15-12(2,3)4/h5-9,14-15H,13H2,1-4H3. The van der Waals surface area contributed by atoms with Crippen LogP contribution in [-0.2, 0) is 10.2 Å². The number of anilines is 1. The van der Waals surface area contributed by atoms with Crippen LogP contribution in [0.2, 0.25) is 0 Å². The fourth-order valence-corrected chi connectivity index (χ4v) is 2.98. The number of benzene rings is 1. The highest BCUT2D eigenvalue weighted by Gasteiger charge is 2.21. The third-order valence-corrected chi connectivity index (χ3v) is 3.75. The lowest BCUT2D eigenvalue weighted by molar-refractivity contribution is 0.478. The van der Waals surface area contributed by atoms with Gasteiger partial charge in [-0.1, -0.05) is 12.1 Å². The van der Waals surface area contributed by atoms with Crippen LogP contribution < -0.4 is 15.2 Å². The van der Waals surface area contributed by atoms with E-state index < -0.39 is 15.7 Å². The Morgan fingerprint density at radius 2 is 1.67 bits per heavy atom. The average Bonchev–Trinajstić information content (AvgIpc) is 2.13. The van der Waals surface area contributed by atoms with Crippen LogP contribution in [0.3, 0.4) is 0 Å². The first-order valence-electron chi connectivity index (χ1n) is 5.76. The van der Waals surface area contributed by atoms with E-state index in [-0.39, 0.29) is 6.04 Å². The van der Waals surface area contributed by atoms with Crippen molar-refractivity contribution in [3.05, 3.63) is 29.8 Å². The molecule has 1 aromatic rings. The van der Waals surface area contributed by atoms with Crippen LogP contribution in [0, 0.1) is 0 Å². The molecule has 0 amide bonds. The molecule has 0 aliphatic carbocycles. The van der Waals surface area contributed by atoms with Crippen molar-refractivity contribution >= 4 is 15.9 Å². The van der Waals surface area contributed by atoms with Crippen molar-refractivity contribution in [2.45, 2.75) is 39.3 Å². The molecule has 0 aliphatic rings. The molecule has 0 saturated carbocycles. The molecular formula is C12H21N3O2S. The Bertz CT molecular complexity index is 489. The molecule has 6 heteroatoms. The molecular weight excluding hydrogens is 250 g/mol. The van der Waals surface area contributed by atoms with E-state index >= 15 is 0 Å². The maximum atomic E-state index is 11.8. The maximum absolute atomic E-state index is 11.8. The van der Waals surface area contributed by atoms with Crippen LogP contribution in [0.1, 0.15) is 39.3 Å². The normalized spacial score (nSPS) is 14.4. The molecule has 0 heterocycles. The molecule has 102 valence electrons. The van der Waals surface area contributed by atoms with Crippen LogP contribution in [0.5, 0.6) is 0 Å². The summed E-state index contributed by atoms with van der Waals surface area (Å²) in [6.07, 6.45) is 0. The van der Waals surface area contributed by atoms with Crippen LogP contribution in [-0.4, -0.2) is 14.0 Å². The second-order valence-corrected chi connectivity index (χ2v) is 6.81. The molecule has 1 unspecified atom stereocenters. The molecule has 18 heavy (non-hydrogen) atoms. The number of nitrogens with one attached hydrogen (secondary N) is 2. The molecule has 1 rings (SSSR count).